The molecule has 2 rings (SSSR count). The van der Waals surface area contributed by atoms with Crippen molar-refractivity contribution in [1.82, 2.24) is 0 Å². The number of methoxy groups -OCH3 is 1. The van der Waals surface area contributed by atoms with E-state index in [2.05, 4.69) is 65.0 Å². The van der Waals surface area contributed by atoms with Crippen LogP contribution in [0.5, 0.6) is 5.75 Å². The molecule has 2 aromatic carbocycles. The highest BCUT2D eigenvalue weighted by Gasteiger charge is 2.18. The lowest BCUT2D eigenvalue weighted by atomic mass is 9.84. The fourth-order valence-corrected chi connectivity index (χ4v) is 2.95. The predicted octanol–water partition coefficient (Wildman–Crippen LogP) is 5.89. The molecule has 0 unspecified atom stereocenters. The van der Waals surface area contributed by atoms with Crippen LogP contribution in [-0.4, -0.2) is 13.9 Å². The van der Waals surface area contributed by atoms with Crippen LogP contribution in [0.2, 0.25) is 0 Å². The number of benzene rings is 2. The highest BCUT2D eigenvalue weighted by atomic mass is 16.7. The maximum Gasteiger partial charge on any atom is 0.188 e. The van der Waals surface area contributed by atoms with Gasteiger partial charge in [0.1, 0.15) is 5.75 Å². The smallest absolute Gasteiger partial charge is 0.188 e. The second kappa shape index (κ2) is 7.65. The van der Waals surface area contributed by atoms with Gasteiger partial charge in [-0.2, -0.15) is 0 Å². The molecule has 0 amide bonds. The molecule has 0 N–H and O–H groups in total. The van der Waals surface area contributed by atoms with Gasteiger partial charge in [0.25, 0.3) is 0 Å². The Kier molecular flexibility index (Phi) is 5.84. The van der Waals surface area contributed by atoms with Crippen molar-refractivity contribution in [1.29, 1.82) is 0 Å². The fraction of sp³-hybridized carbons (Fsp3) is 0.429. The van der Waals surface area contributed by atoms with Crippen molar-refractivity contribution in [3.8, 4) is 16.9 Å². The zero-order valence-electron chi connectivity index (χ0n) is 15.1. The molecule has 0 radical (unpaired) electrons. The molecule has 0 aliphatic heterocycles. The van der Waals surface area contributed by atoms with Gasteiger partial charge in [0, 0.05) is 12.7 Å². The summed E-state index contributed by atoms with van der Waals surface area (Å²) in [5.41, 5.74) is 6.44. The van der Waals surface area contributed by atoms with Crippen LogP contribution in [0.15, 0.2) is 36.4 Å². The zero-order chi connectivity index (χ0) is 17.0. The van der Waals surface area contributed by atoms with E-state index in [1.807, 2.05) is 6.07 Å². The Morgan fingerprint density at radius 2 is 1.52 bits per heavy atom. The maximum absolute atomic E-state index is 5.84. The normalized spacial score (nSPS) is 11.3. The van der Waals surface area contributed by atoms with E-state index >= 15 is 0 Å². The molecular formula is C21H28O2. The predicted molar refractivity (Wildman–Crippen MR) is 97.3 cm³/mol. The molecule has 2 heteroatoms. The first-order valence-corrected chi connectivity index (χ1v) is 8.31. The molecule has 0 aliphatic carbocycles. The van der Waals surface area contributed by atoms with Crippen LogP contribution in [0.4, 0.5) is 0 Å². The van der Waals surface area contributed by atoms with Gasteiger partial charge in [0.05, 0.1) is 0 Å². The Hall–Kier alpha value is -1.80. The monoisotopic (exact) mass is 312 g/mol. The summed E-state index contributed by atoms with van der Waals surface area (Å²) in [4.78, 5) is 0. The Bertz CT molecular complexity index is 631. The van der Waals surface area contributed by atoms with Crippen LogP contribution in [0.3, 0.4) is 0 Å². The first-order valence-electron chi connectivity index (χ1n) is 8.31. The van der Waals surface area contributed by atoms with E-state index in [1.165, 1.54) is 22.3 Å². The number of rotatable bonds is 6. The molecular weight excluding hydrogens is 284 g/mol. The average Bonchev–Trinajstić information content (AvgIpc) is 2.52. The molecule has 23 heavy (non-hydrogen) atoms. The van der Waals surface area contributed by atoms with Gasteiger partial charge in [-0.1, -0.05) is 57.5 Å². The SMILES string of the molecule is COCOc1ccc(C)cc1-c1c(C(C)C)cccc1C(C)C. The summed E-state index contributed by atoms with van der Waals surface area (Å²) >= 11 is 0. The molecule has 124 valence electrons. The van der Waals surface area contributed by atoms with Crippen LogP contribution >= 0.6 is 0 Å². The van der Waals surface area contributed by atoms with Crippen LogP contribution in [0, 0.1) is 6.92 Å². The number of hydrogen-bond donors (Lipinski definition) is 0. The zero-order valence-corrected chi connectivity index (χ0v) is 15.1. The standard InChI is InChI=1S/C21H28O2/c1-14(2)17-8-7-9-18(15(3)4)21(17)19-12-16(5)10-11-20(19)23-13-22-6/h7-12,14-15H,13H2,1-6H3. The van der Waals surface area contributed by atoms with Gasteiger partial charge in [-0.15, -0.1) is 0 Å². The summed E-state index contributed by atoms with van der Waals surface area (Å²) in [6.07, 6.45) is 0. The number of hydrogen-bond acceptors (Lipinski definition) is 2. The van der Waals surface area contributed by atoms with E-state index < -0.39 is 0 Å². The van der Waals surface area contributed by atoms with Gasteiger partial charge >= 0.3 is 0 Å². The second-order valence-corrected chi connectivity index (χ2v) is 6.67. The first-order chi connectivity index (χ1) is 11.0. The Labute approximate surface area is 140 Å². The molecule has 0 saturated heterocycles. The lowest BCUT2D eigenvalue weighted by Gasteiger charge is -2.22. The summed E-state index contributed by atoms with van der Waals surface area (Å²) in [5.74, 6) is 1.80. The van der Waals surface area contributed by atoms with E-state index in [-0.39, 0.29) is 6.79 Å². The van der Waals surface area contributed by atoms with E-state index in [0.717, 1.165) is 11.3 Å². The van der Waals surface area contributed by atoms with Crippen LogP contribution in [0.25, 0.3) is 11.1 Å². The molecule has 0 aromatic heterocycles. The summed E-state index contributed by atoms with van der Waals surface area (Å²) in [6, 6.07) is 13.0. The Morgan fingerprint density at radius 3 is 2.04 bits per heavy atom. The van der Waals surface area contributed by atoms with Crippen LogP contribution < -0.4 is 4.74 Å². The number of aryl methyl sites for hydroxylation is 1. The molecule has 0 heterocycles. The Balaban J connectivity index is 2.71. The minimum absolute atomic E-state index is 0.261. The van der Waals surface area contributed by atoms with Gasteiger partial charge < -0.3 is 9.47 Å². The number of ether oxygens (including phenoxy) is 2. The Morgan fingerprint density at radius 1 is 0.913 bits per heavy atom. The van der Waals surface area contributed by atoms with Gasteiger partial charge in [0.15, 0.2) is 6.79 Å². The maximum atomic E-state index is 5.84. The van der Waals surface area contributed by atoms with E-state index in [1.54, 1.807) is 7.11 Å². The molecule has 0 fully saturated rings. The molecule has 0 saturated carbocycles. The highest BCUT2D eigenvalue weighted by Crippen LogP contribution is 2.40. The van der Waals surface area contributed by atoms with Crippen LogP contribution in [-0.2, 0) is 4.74 Å². The molecule has 0 aliphatic rings. The lowest BCUT2D eigenvalue weighted by molar-refractivity contribution is 0.0515. The minimum Gasteiger partial charge on any atom is -0.467 e. The summed E-state index contributed by atoms with van der Waals surface area (Å²) < 4.78 is 10.9. The molecule has 0 atom stereocenters. The third-order valence-corrected chi connectivity index (χ3v) is 4.11. The van der Waals surface area contributed by atoms with E-state index in [9.17, 15) is 0 Å². The quantitative estimate of drug-likeness (QED) is 0.619. The van der Waals surface area contributed by atoms with Crippen LogP contribution in [0.1, 0.15) is 56.2 Å². The first kappa shape index (κ1) is 17.6. The van der Waals surface area contributed by atoms with E-state index in [0.29, 0.717) is 11.8 Å². The highest BCUT2D eigenvalue weighted by molar-refractivity contribution is 5.78. The lowest BCUT2D eigenvalue weighted by Crippen LogP contribution is -2.04. The summed E-state index contributed by atoms with van der Waals surface area (Å²) in [6.45, 7) is 11.4. The van der Waals surface area contributed by atoms with Gasteiger partial charge in [-0.3, -0.25) is 0 Å². The summed E-state index contributed by atoms with van der Waals surface area (Å²) in [7, 11) is 1.65. The largest absolute Gasteiger partial charge is 0.467 e. The van der Waals surface area contributed by atoms with E-state index in [4.69, 9.17) is 9.47 Å². The van der Waals surface area contributed by atoms with Gasteiger partial charge in [-0.25, -0.2) is 0 Å². The van der Waals surface area contributed by atoms with Gasteiger partial charge in [-0.05, 0) is 47.6 Å². The van der Waals surface area contributed by atoms with Crippen molar-refractivity contribution in [2.45, 2.75) is 46.5 Å². The third kappa shape index (κ3) is 3.94. The fourth-order valence-electron chi connectivity index (χ4n) is 2.95. The topological polar surface area (TPSA) is 18.5 Å². The van der Waals surface area contributed by atoms with Crippen molar-refractivity contribution < 1.29 is 9.47 Å². The van der Waals surface area contributed by atoms with Crippen molar-refractivity contribution in [3.63, 3.8) is 0 Å². The van der Waals surface area contributed by atoms with Crippen molar-refractivity contribution in [2.24, 2.45) is 0 Å². The molecule has 2 nitrogen and oxygen atoms in total. The van der Waals surface area contributed by atoms with Crippen molar-refractivity contribution in [3.05, 3.63) is 53.1 Å². The second-order valence-electron chi connectivity index (χ2n) is 6.67. The summed E-state index contributed by atoms with van der Waals surface area (Å²) in [5, 5.41) is 0. The molecule has 0 bridgehead atoms. The average molecular weight is 312 g/mol. The van der Waals surface area contributed by atoms with Gasteiger partial charge in [0.2, 0.25) is 0 Å². The van der Waals surface area contributed by atoms with Crippen molar-refractivity contribution >= 4 is 0 Å². The molecule has 2 aromatic rings. The third-order valence-electron chi connectivity index (χ3n) is 4.11. The minimum atomic E-state index is 0.261. The van der Waals surface area contributed by atoms with Crippen molar-refractivity contribution in [2.75, 3.05) is 13.9 Å². The molecule has 0 spiro atoms.